The molecule has 3 N–H and O–H groups in total. The Labute approximate surface area is 166 Å². The number of hydrogen-bond donors (Lipinski definition) is 2. The van der Waals surface area contributed by atoms with Gasteiger partial charge in [0.05, 0.1) is 6.54 Å². The van der Waals surface area contributed by atoms with E-state index in [-0.39, 0.29) is 12.3 Å². The maximum atomic E-state index is 12.5. The highest BCUT2D eigenvalue weighted by Crippen LogP contribution is 2.19. The maximum Gasteiger partial charge on any atom is 0.249 e. The number of halogens is 1. The predicted octanol–water partition coefficient (Wildman–Crippen LogP) is 2.57. The van der Waals surface area contributed by atoms with Crippen LogP contribution in [0, 0.1) is 0 Å². The van der Waals surface area contributed by atoms with Gasteiger partial charge >= 0.3 is 0 Å². The average molecular weight is 429 g/mol. The highest BCUT2D eigenvalue weighted by Gasteiger charge is 2.36. The second-order valence-corrected chi connectivity index (χ2v) is 7.31. The minimum atomic E-state index is -0.457. The molecule has 6 nitrogen and oxygen atoms in total. The molecule has 3 rings (SSSR count). The fraction of sp³-hybridized carbons (Fsp3) is 0.250. The molecular weight excluding hydrogens is 408 g/mol. The third kappa shape index (κ3) is 5.17. The molecule has 2 aromatic carbocycles. The number of guanidine groups is 1. The highest BCUT2D eigenvalue weighted by molar-refractivity contribution is 9.10. The number of nitrogens with two attached hydrogens (primary N) is 1. The van der Waals surface area contributed by atoms with Crippen LogP contribution in [-0.2, 0) is 22.7 Å². The molecule has 140 valence electrons. The van der Waals surface area contributed by atoms with Crippen LogP contribution in [0.25, 0.3) is 0 Å². The zero-order chi connectivity index (χ0) is 19.2. The average Bonchev–Trinajstić information content (AvgIpc) is 2.95. The normalized spacial score (nSPS) is 18.0. The fourth-order valence-corrected chi connectivity index (χ4v) is 3.24. The Morgan fingerprint density at radius 2 is 1.81 bits per heavy atom. The molecule has 1 fully saturated rings. The van der Waals surface area contributed by atoms with Crippen LogP contribution in [-0.4, -0.2) is 28.7 Å². The Balaban J connectivity index is 1.81. The second kappa shape index (κ2) is 8.81. The van der Waals surface area contributed by atoms with E-state index >= 15 is 0 Å². The number of aliphatic imine (C=N–C) groups is 1. The molecule has 0 aliphatic carbocycles. The standard InChI is InChI=1S/C20H21BrN4O2/c21-16-8-6-14(7-9-16)12-23-20-24-19(27)17(10-11-18(22)26)25(20)13-15-4-2-1-3-5-15/h1-9,17H,10-13H2,(H2,22,26)(H,23,24,27)/t17-/m0/s1. The zero-order valence-electron chi connectivity index (χ0n) is 14.8. The molecule has 1 atom stereocenters. The van der Waals surface area contributed by atoms with Gasteiger partial charge in [-0.1, -0.05) is 58.4 Å². The van der Waals surface area contributed by atoms with Crippen molar-refractivity contribution in [1.82, 2.24) is 10.2 Å². The summed E-state index contributed by atoms with van der Waals surface area (Å²) in [6, 6.07) is 17.3. The Bertz CT molecular complexity index is 837. The first-order valence-electron chi connectivity index (χ1n) is 8.71. The minimum Gasteiger partial charge on any atom is -0.370 e. The SMILES string of the molecule is NC(=O)CC[C@H]1C(=O)NC(=NCc2ccc(Br)cc2)N1Cc1ccccc1. The Kier molecular flexibility index (Phi) is 6.24. The van der Waals surface area contributed by atoms with Crippen molar-refractivity contribution < 1.29 is 9.59 Å². The summed E-state index contributed by atoms with van der Waals surface area (Å²) in [4.78, 5) is 30.2. The molecule has 0 saturated carbocycles. The van der Waals surface area contributed by atoms with Gasteiger partial charge in [0.2, 0.25) is 17.8 Å². The summed E-state index contributed by atoms with van der Waals surface area (Å²) in [5, 5.41) is 2.86. The molecule has 0 spiro atoms. The lowest BCUT2D eigenvalue weighted by Crippen LogP contribution is -2.36. The van der Waals surface area contributed by atoms with E-state index in [0.717, 1.165) is 15.6 Å². The zero-order valence-corrected chi connectivity index (χ0v) is 16.4. The molecule has 0 unspecified atom stereocenters. The van der Waals surface area contributed by atoms with Gasteiger partial charge in [0.15, 0.2) is 0 Å². The predicted molar refractivity (Wildman–Crippen MR) is 108 cm³/mol. The van der Waals surface area contributed by atoms with Gasteiger partial charge in [-0.15, -0.1) is 0 Å². The number of rotatable bonds is 7. The summed E-state index contributed by atoms with van der Waals surface area (Å²) < 4.78 is 1.00. The smallest absolute Gasteiger partial charge is 0.249 e. The van der Waals surface area contributed by atoms with Gasteiger partial charge in [0.25, 0.3) is 0 Å². The molecule has 0 aromatic heterocycles. The molecule has 2 aromatic rings. The summed E-state index contributed by atoms with van der Waals surface area (Å²) in [6.45, 7) is 0.985. The number of benzene rings is 2. The summed E-state index contributed by atoms with van der Waals surface area (Å²) >= 11 is 3.42. The number of carbonyl (C=O) groups is 2. The fourth-order valence-electron chi connectivity index (χ4n) is 2.97. The molecule has 0 radical (unpaired) electrons. The molecule has 7 heteroatoms. The van der Waals surface area contributed by atoms with Crippen molar-refractivity contribution in [2.45, 2.75) is 32.0 Å². The molecule has 0 bridgehead atoms. The number of carbonyl (C=O) groups excluding carboxylic acids is 2. The summed E-state index contributed by atoms with van der Waals surface area (Å²) in [6.07, 6.45) is 0.522. The van der Waals surface area contributed by atoms with Gasteiger partial charge in [-0.25, -0.2) is 4.99 Å². The second-order valence-electron chi connectivity index (χ2n) is 6.39. The lowest BCUT2D eigenvalue weighted by molar-refractivity contribution is -0.122. The quantitative estimate of drug-likeness (QED) is 0.709. The van der Waals surface area contributed by atoms with E-state index in [2.05, 4.69) is 26.2 Å². The Morgan fingerprint density at radius 3 is 2.48 bits per heavy atom. The Hall–Kier alpha value is -2.67. The molecule has 1 heterocycles. The lowest BCUT2D eigenvalue weighted by atomic mass is 10.1. The van der Waals surface area contributed by atoms with Gasteiger partial charge in [-0.05, 0) is 29.7 Å². The van der Waals surface area contributed by atoms with E-state index in [0.29, 0.717) is 25.5 Å². The van der Waals surface area contributed by atoms with Crippen molar-refractivity contribution in [3.63, 3.8) is 0 Å². The first-order valence-corrected chi connectivity index (χ1v) is 9.51. The maximum absolute atomic E-state index is 12.5. The van der Waals surface area contributed by atoms with Crippen LogP contribution in [0.2, 0.25) is 0 Å². The van der Waals surface area contributed by atoms with E-state index in [9.17, 15) is 9.59 Å². The molecule has 1 aliphatic rings. The van der Waals surface area contributed by atoms with E-state index in [4.69, 9.17) is 5.73 Å². The monoisotopic (exact) mass is 428 g/mol. The number of primary amides is 1. The van der Waals surface area contributed by atoms with Crippen molar-refractivity contribution in [2.75, 3.05) is 0 Å². The lowest BCUT2D eigenvalue weighted by Gasteiger charge is -2.24. The van der Waals surface area contributed by atoms with Gasteiger partial charge < -0.3 is 10.6 Å². The van der Waals surface area contributed by atoms with Crippen molar-refractivity contribution in [1.29, 1.82) is 0 Å². The van der Waals surface area contributed by atoms with Crippen LogP contribution in [0.5, 0.6) is 0 Å². The number of nitrogens with one attached hydrogen (secondary N) is 1. The van der Waals surface area contributed by atoms with Crippen LogP contribution in [0.1, 0.15) is 24.0 Å². The summed E-state index contributed by atoms with van der Waals surface area (Å²) in [5.74, 6) is -0.0364. The van der Waals surface area contributed by atoms with Crippen molar-refractivity contribution in [3.8, 4) is 0 Å². The summed E-state index contributed by atoms with van der Waals surface area (Å²) in [7, 11) is 0. The summed E-state index contributed by atoms with van der Waals surface area (Å²) in [5.41, 5.74) is 7.38. The van der Waals surface area contributed by atoms with Gasteiger partial charge in [-0.2, -0.15) is 0 Å². The van der Waals surface area contributed by atoms with Crippen LogP contribution in [0.15, 0.2) is 64.1 Å². The van der Waals surface area contributed by atoms with Crippen LogP contribution < -0.4 is 11.1 Å². The molecule has 27 heavy (non-hydrogen) atoms. The first-order chi connectivity index (χ1) is 13.0. The largest absolute Gasteiger partial charge is 0.370 e. The minimum absolute atomic E-state index is 0.151. The van der Waals surface area contributed by atoms with Crippen LogP contribution >= 0.6 is 15.9 Å². The topological polar surface area (TPSA) is 87.8 Å². The van der Waals surface area contributed by atoms with Crippen molar-refractivity contribution in [2.24, 2.45) is 10.7 Å². The molecular formula is C20H21BrN4O2. The van der Waals surface area contributed by atoms with Gasteiger partial charge in [0, 0.05) is 17.4 Å². The van der Waals surface area contributed by atoms with Crippen molar-refractivity contribution in [3.05, 3.63) is 70.2 Å². The van der Waals surface area contributed by atoms with Crippen LogP contribution in [0.3, 0.4) is 0 Å². The van der Waals surface area contributed by atoms with E-state index in [1.807, 2.05) is 59.5 Å². The van der Waals surface area contributed by atoms with E-state index < -0.39 is 11.9 Å². The van der Waals surface area contributed by atoms with Crippen molar-refractivity contribution >= 4 is 33.7 Å². The molecule has 1 aliphatic heterocycles. The number of nitrogens with zero attached hydrogens (tertiary/aromatic N) is 2. The third-order valence-electron chi connectivity index (χ3n) is 4.37. The molecule has 1 saturated heterocycles. The van der Waals surface area contributed by atoms with Gasteiger partial charge in [-0.3, -0.25) is 14.9 Å². The highest BCUT2D eigenvalue weighted by atomic mass is 79.9. The first kappa shape index (κ1) is 19.1. The molecule has 2 amide bonds. The van der Waals surface area contributed by atoms with E-state index in [1.54, 1.807) is 0 Å². The number of amides is 2. The van der Waals surface area contributed by atoms with E-state index in [1.165, 1.54) is 0 Å². The number of hydrogen-bond acceptors (Lipinski definition) is 3. The Morgan fingerprint density at radius 1 is 1.11 bits per heavy atom. The third-order valence-corrected chi connectivity index (χ3v) is 4.90. The van der Waals surface area contributed by atoms with Gasteiger partial charge in [0.1, 0.15) is 6.04 Å². The van der Waals surface area contributed by atoms with Crippen LogP contribution in [0.4, 0.5) is 0 Å².